The first-order valence-corrected chi connectivity index (χ1v) is 9.31. The second kappa shape index (κ2) is 6.94. The van der Waals surface area contributed by atoms with E-state index in [2.05, 4.69) is 15.0 Å². The van der Waals surface area contributed by atoms with Crippen molar-refractivity contribution in [2.45, 2.75) is 18.7 Å². The molecule has 0 spiro atoms. The molecule has 0 unspecified atom stereocenters. The van der Waals surface area contributed by atoms with E-state index in [1.165, 1.54) is 0 Å². The largest absolute Gasteiger partial charge is 0.354 e. The quantitative estimate of drug-likeness (QED) is 0.719. The lowest BCUT2D eigenvalue weighted by Crippen LogP contribution is -2.13. The van der Waals surface area contributed by atoms with Crippen molar-refractivity contribution in [3.05, 3.63) is 78.0 Å². The van der Waals surface area contributed by atoms with Gasteiger partial charge in [0.1, 0.15) is 5.82 Å². The highest BCUT2D eigenvalue weighted by molar-refractivity contribution is 7.92. The maximum Gasteiger partial charge on any atom is 0.263 e. The van der Waals surface area contributed by atoms with Crippen LogP contribution in [0.1, 0.15) is 11.1 Å². The second-order valence-electron chi connectivity index (χ2n) is 5.74. The maximum atomic E-state index is 12.3. The fraction of sp³-hybridized carbons (Fsp3) is 0.105. The van der Waals surface area contributed by atoms with Gasteiger partial charge < -0.3 is 5.32 Å². The minimum absolute atomic E-state index is 0.203. The summed E-state index contributed by atoms with van der Waals surface area (Å²) in [5, 5.41) is 3.32. The zero-order valence-corrected chi connectivity index (χ0v) is 14.8. The van der Waals surface area contributed by atoms with Crippen LogP contribution in [0.5, 0.6) is 0 Å². The molecular weight excluding hydrogens is 334 g/mol. The van der Waals surface area contributed by atoms with E-state index in [9.17, 15) is 8.42 Å². The summed E-state index contributed by atoms with van der Waals surface area (Å²) >= 11 is 0. The van der Waals surface area contributed by atoms with Crippen molar-refractivity contribution < 1.29 is 8.42 Å². The van der Waals surface area contributed by atoms with Gasteiger partial charge in [0.2, 0.25) is 0 Å². The van der Waals surface area contributed by atoms with Crippen LogP contribution in [0.15, 0.2) is 71.8 Å². The fourth-order valence-corrected chi connectivity index (χ4v) is 3.51. The Morgan fingerprint density at radius 2 is 1.52 bits per heavy atom. The van der Waals surface area contributed by atoms with Crippen LogP contribution in [0.25, 0.3) is 0 Å². The Kier molecular flexibility index (Phi) is 4.72. The van der Waals surface area contributed by atoms with Gasteiger partial charge in [0.25, 0.3) is 10.0 Å². The number of nitrogens with one attached hydrogen (secondary N) is 2. The molecule has 5 nitrogen and oxygen atoms in total. The number of anilines is 3. The van der Waals surface area contributed by atoms with Crippen LogP contribution in [0.2, 0.25) is 0 Å². The van der Waals surface area contributed by atoms with Crippen molar-refractivity contribution in [2.24, 2.45) is 0 Å². The molecule has 3 rings (SSSR count). The first-order valence-electron chi connectivity index (χ1n) is 7.83. The molecule has 1 aromatic heterocycles. The molecule has 6 heteroatoms. The maximum absolute atomic E-state index is 12.3. The lowest BCUT2D eigenvalue weighted by molar-refractivity contribution is 0.601. The number of rotatable bonds is 5. The number of sulfonamides is 1. The third-order valence-electron chi connectivity index (χ3n) is 3.81. The summed E-state index contributed by atoms with van der Waals surface area (Å²) < 4.78 is 27.1. The molecule has 2 aromatic carbocycles. The third kappa shape index (κ3) is 3.97. The zero-order chi connectivity index (χ0) is 17.9. The molecule has 0 fully saturated rings. The molecule has 3 aromatic rings. The van der Waals surface area contributed by atoms with Crippen molar-refractivity contribution in [3.8, 4) is 0 Å². The number of aryl methyl sites for hydroxylation is 2. The Bertz CT molecular complexity index is 949. The SMILES string of the molecule is Cc1cccc(C)c1Nc1ccc(NS(=O)(=O)c2ccccc2)nc1. The molecule has 0 saturated heterocycles. The van der Waals surface area contributed by atoms with E-state index in [4.69, 9.17) is 0 Å². The van der Waals surface area contributed by atoms with Crippen LogP contribution >= 0.6 is 0 Å². The van der Waals surface area contributed by atoms with E-state index in [0.717, 1.165) is 22.5 Å². The van der Waals surface area contributed by atoms with Crippen LogP contribution in [0.4, 0.5) is 17.2 Å². The first-order chi connectivity index (χ1) is 12.0. The van der Waals surface area contributed by atoms with Crippen LogP contribution in [-0.4, -0.2) is 13.4 Å². The number of aromatic nitrogens is 1. The first kappa shape index (κ1) is 17.0. The van der Waals surface area contributed by atoms with Gasteiger partial charge >= 0.3 is 0 Å². The van der Waals surface area contributed by atoms with E-state index < -0.39 is 10.0 Å². The van der Waals surface area contributed by atoms with Gasteiger partial charge in [-0.25, -0.2) is 13.4 Å². The summed E-state index contributed by atoms with van der Waals surface area (Å²) in [6.07, 6.45) is 1.61. The van der Waals surface area contributed by atoms with Crippen molar-refractivity contribution in [3.63, 3.8) is 0 Å². The highest BCUT2D eigenvalue weighted by atomic mass is 32.2. The van der Waals surface area contributed by atoms with E-state index in [1.54, 1.807) is 48.7 Å². The van der Waals surface area contributed by atoms with E-state index in [0.29, 0.717) is 0 Å². The Labute approximate surface area is 147 Å². The van der Waals surface area contributed by atoms with E-state index in [-0.39, 0.29) is 10.7 Å². The number of para-hydroxylation sites is 1. The van der Waals surface area contributed by atoms with Gasteiger partial charge in [0.15, 0.2) is 0 Å². The monoisotopic (exact) mass is 353 g/mol. The molecular formula is C19H19N3O2S. The molecule has 0 atom stereocenters. The fourth-order valence-electron chi connectivity index (χ4n) is 2.48. The molecule has 128 valence electrons. The number of benzene rings is 2. The summed E-state index contributed by atoms with van der Waals surface area (Å²) in [5.74, 6) is 0.274. The van der Waals surface area contributed by atoms with Gasteiger partial charge in [-0.15, -0.1) is 0 Å². The molecule has 0 radical (unpaired) electrons. The highest BCUT2D eigenvalue weighted by Gasteiger charge is 2.14. The van der Waals surface area contributed by atoms with E-state index in [1.807, 2.05) is 32.0 Å². The van der Waals surface area contributed by atoms with Crippen LogP contribution < -0.4 is 10.0 Å². The van der Waals surface area contributed by atoms with Crippen molar-refractivity contribution >= 4 is 27.2 Å². The number of hydrogen-bond donors (Lipinski definition) is 2. The zero-order valence-electron chi connectivity index (χ0n) is 14.0. The topological polar surface area (TPSA) is 71.1 Å². The Balaban J connectivity index is 1.77. The van der Waals surface area contributed by atoms with Crippen LogP contribution in [-0.2, 0) is 10.0 Å². The predicted molar refractivity (Wildman–Crippen MR) is 101 cm³/mol. The standard InChI is InChI=1S/C19H19N3O2S/c1-14-7-6-8-15(2)19(14)21-16-11-12-18(20-13-16)22-25(23,24)17-9-4-3-5-10-17/h3-13,21H,1-2H3,(H,20,22). The smallest absolute Gasteiger partial charge is 0.263 e. The summed E-state index contributed by atoms with van der Waals surface area (Å²) in [5.41, 5.74) is 4.09. The number of hydrogen-bond acceptors (Lipinski definition) is 4. The molecule has 2 N–H and O–H groups in total. The summed E-state index contributed by atoms with van der Waals surface area (Å²) in [6.45, 7) is 4.07. The number of pyridine rings is 1. The van der Waals surface area contributed by atoms with Crippen LogP contribution in [0, 0.1) is 13.8 Å². The Morgan fingerprint density at radius 1 is 0.840 bits per heavy atom. The van der Waals surface area contributed by atoms with Gasteiger partial charge in [-0.05, 0) is 49.2 Å². The highest BCUT2D eigenvalue weighted by Crippen LogP contribution is 2.24. The molecule has 0 saturated carbocycles. The summed E-state index contributed by atoms with van der Waals surface area (Å²) in [6, 6.07) is 17.7. The normalized spacial score (nSPS) is 11.1. The molecule has 25 heavy (non-hydrogen) atoms. The lowest BCUT2D eigenvalue weighted by Gasteiger charge is -2.13. The van der Waals surface area contributed by atoms with Gasteiger partial charge in [0, 0.05) is 5.69 Å². The second-order valence-corrected chi connectivity index (χ2v) is 7.42. The molecule has 0 aliphatic carbocycles. The summed E-state index contributed by atoms with van der Waals surface area (Å²) in [4.78, 5) is 4.40. The Morgan fingerprint density at radius 3 is 2.12 bits per heavy atom. The van der Waals surface area contributed by atoms with Gasteiger partial charge in [-0.2, -0.15) is 0 Å². The molecule has 0 aliphatic rings. The van der Waals surface area contributed by atoms with Gasteiger partial charge in [-0.1, -0.05) is 36.4 Å². The molecule has 0 bridgehead atoms. The Hall–Kier alpha value is -2.86. The average Bonchev–Trinajstić information content (AvgIpc) is 2.60. The van der Waals surface area contributed by atoms with Gasteiger partial charge in [0.05, 0.1) is 16.8 Å². The molecule has 0 aliphatic heterocycles. The lowest BCUT2D eigenvalue weighted by atomic mass is 10.1. The van der Waals surface area contributed by atoms with E-state index >= 15 is 0 Å². The predicted octanol–water partition coefficient (Wildman–Crippen LogP) is 4.24. The molecule has 1 heterocycles. The van der Waals surface area contributed by atoms with Crippen molar-refractivity contribution in [1.82, 2.24) is 4.98 Å². The summed E-state index contributed by atoms with van der Waals surface area (Å²) in [7, 11) is -3.63. The number of nitrogens with zero attached hydrogens (tertiary/aromatic N) is 1. The minimum Gasteiger partial charge on any atom is -0.354 e. The minimum atomic E-state index is -3.63. The van der Waals surface area contributed by atoms with Crippen LogP contribution in [0.3, 0.4) is 0 Å². The third-order valence-corrected chi connectivity index (χ3v) is 5.18. The van der Waals surface area contributed by atoms with Crippen molar-refractivity contribution in [1.29, 1.82) is 0 Å². The molecule has 0 amide bonds. The average molecular weight is 353 g/mol. The van der Waals surface area contributed by atoms with Crippen molar-refractivity contribution in [2.75, 3.05) is 10.0 Å². The van der Waals surface area contributed by atoms with Gasteiger partial charge in [-0.3, -0.25) is 4.72 Å².